The first-order valence-corrected chi connectivity index (χ1v) is 9.18. The fraction of sp³-hybridized carbons (Fsp3) is 0.0833. The van der Waals surface area contributed by atoms with E-state index in [-0.39, 0.29) is 0 Å². The molecule has 0 saturated heterocycles. The molecule has 4 rings (SSSR count). The molecule has 140 valence electrons. The lowest BCUT2D eigenvalue weighted by Gasteiger charge is -2.04. The lowest BCUT2D eigenvalue weighted by Crippen LogP contribution is -1.91. The zero-order valence-corrected chi connectivity index (χ0v) is 16.1. The Kier molecular flexibility index (Phi) is 6.74. The summed E-state index contributed by atoms with van der Waals surface area (Å²) in [6.45, 7) is 4.15. The summed E-state index contributed by atoms with van der Waals surface area (Å²) in [6.07, 6.45) is 3.55. The zero-order chi connectivity index (χ0) is 19.6. The lowest BCUT2D eigenvalue weighted by atomic mass is 10.2. The van der Waals surface area contributed by atoms with Crippen molar-refractivity contribution in [2.75, 3.05) is 10.6 Å². The second-order valence-corrected chi connectivity index (χ2v) is 6.41. The van der Waals surface area contributed by atoms with Crippen molar-refractivity contribution in [2.24, 2.45) is 0 Å². The molecule has 2 aromatic carbocycles. The summed E-state index contributed by atoms with van der Waals surface area (Å²) < 4.78 is 0. The third kappa shape index (κ3) is 6.25. The van der Waals surface area contributed by atoms with Crippen molar-refractivity contribution in [1.29, 1.82) is 0 Å². The molecule has 28 heavy (non-hydrogen) atoms. The van der Waals surface area contributed by atoms with E-state index in [1.807, 2.05) is 60.7 Å². The first-order valence-electron chi connectivity index (χ1n) is 9.18. The molecule has 2 N–H and O–H groups in total. The predicted octanol–water partition coefficient (Wildman–Crippen LogP) is 6.27. The Hall–Kier alpha value is -3.66. The quantitative estimate of drug-likeness (QED) is 0.446. The predicted molar refractivity (Wildman–Crippen MR) is 117 cm³/mol. The molecule has 0 aliphatic heterocycles. The fourth-order valence-corrected chi connectivity index (χ4v) is 2.44. The van der Waals surface area contributed by atoms with Crippen LogP contribution in [-0.2, 0) is 0 Å². The Labute approximate surface area is 166 Å². The second kappa shape index (κ2) is 9.88. The number of anilines is 4. The molecular formula is C24H24N4. The monoisotopic (exact) mass is 368 g/mol. The van der Waals surface area contributed by atoms with Crippen molar-refractivity contribution in [2.45, 2.75) is 13.8 Å². The smallest absolute Gasteiger partial charge is 0.130 e. The van der Waals surface area contributed by atoms with Crippen LogP contribution in [-0.4, -0.2) is 9.97 Å². The average Bonchev–Trinajstić information content (AvgIpc) is 2.74. The largest absolute Gasteiger partial charge is 0.340 e. The number of hydrogen-bond acceptors (Lipinski definition) is 4. The Morgan fingerprint density at radius 2 is 0.893 bits per heavy atom. The SMILES string of the molecule is Cc1ccc(Nc2ccccn2)cc1.Cc1ccc(Nc2ccccn2)cc1. The standard InChI is InChI=1S/2C12H12N2/c2*1-10-5-7-11(8-6-10)14-12-4-2-3-9-13-12/h2*2-9H,1H3,(H,13,14). The zero-order valence-electron chi connectivity index (χ0n) is 16.1. The molecule has 4 heteroatoms. The van der Waals surface area contributed by atoms with E-state index >= 15 is 0 Å². The van der Waals surface area contributed by atoms with Gasteiger partial charge in [0, 0.05) is 23.8 Å². The summed E-state index contributed by atoms with van der Waals surface area (Å²) in [5.41, 5.74) is 4.65. The van der Waals surface area contributed by atoms with Crippen molar-refractivity contribution in [3.8, 4) is 0 Å². The number of nitrogens with zero attached hydrogens (tertiary/aromatic N) is 2. The highest BCUT2D eigenvalue weighted by molar-refractivity contribution is 5.56. The van der Waals surface area contributed by atoms with Crippen LogP contribution < -0.4 is 10.6 Å². The highest BCUT2D eigenvalue weighted by Gasteiger charge is 1.94. The van der Waals surface area contributed by atoms with Crippen LogP contribution in [0.2, 0.25) is 0 Å². The molecule has 4 nitrogen and oxygen atoms in total. The van der Waals surface area contributed by atoms with Gasteiger partial charge in [-0.15, -0.1) is 0 Å². The van der Waals surface area contributed by atoms with Gasteiger partial charge >= 0.3 is 0 Å². The molecule has 0 amide bonds. The van der Waals surface area contributed by atoms with Gasteiger partial charge in [0.2, 0.25) is 0 Å². The Morgan fingerprint density at radius 1 is 0.500 bits per heavy atom. The maximum atomic E-state index is 4.19. The number of pyridine rings is 2. The van der Waals surface area contributed by atoms with Crippen LogP contribution in [0, 0.1) is 13.8 Å². The van der Waals surface area contributed by atoms with E-state index in [1.54, 1.807) is 12.4 Å². The number of hydrogen-bond donors (Lipinski definition) is 2. The highest BCUT2D eigenvalue weighted by atomic mass is 15.0. The number of rotatable bonds is 4. The molecule has 0 radical (unpaired) electrons. The molecule has 0 unspecified atom stereocenters. The minimum Gasteiger partial charge on any atom is -0.340 e. The summed E-state index contributed by atoms with van der Waals surface area (Å²) >= 11 is 0. The van der Waals surface area contributed by atoms with E-state index in [1.165, 1.54) is 11.1 Å². The van der Waals surface area contributed by atoms with Gasteiger partial charge in [-0.25, -0.2) is 9.97 Å². The maximum Gasteiger partial charge on any atom is 0.130 e. The molecule has 0 spiro atoms. The molecule has 0 fully saturated rings. The van der Waals surface area contributed by atoms with Crippen molar-refractivity contribution < 1.29 is 0 Å². The van der Waals surface area contributed by atoms with Crippen molar-refractivity contribution in [1.82, 2.24) is 9.97 Å². The van der Waals surface area contributed by atoms with E-state index in [4.69, 9.17) is 0 Å². The summed E-state index contributed by atoms with van der Waals surface area (Å²) in [6, 6.07) is 28.1. The summed E-state index contributed by atoms with van der Waals surface area (Å²) in [7, 11) is 0. The van der Waals surface area contributed by atoms with Gasteiger partial charge in [0.15, 0.2) is 0 Å². The molecule has 0 atom stereocenters. The fourth-order valence-electron chi connectivity index (χ4n) is 2.44. The Bertz CT molecular complexity index is 868. The van der Waals surface area contributed by atoms with Gasteiger partial charge in [0.25, 0.3) is 0 Å². The van der Waals surface area contributed by atoms with Gasteiger partial charge in [0.05, 0.1) is 0 Å². The molecule has 0 bridgehead atoms. The topological polar surface area (TPSA) is 49.8 Å². The number of nitrogens with one attached hydrogen (secondary N) is 2. The van der Waals surface area contributed by atoms with Crippen LogP contribution in [0.3, 0.4) is 0 Å². The van der Waals surface area contributed by atoms with Crippen molar-refractivity contribution in [3.63, 3.8) is 0 Å². The van der Waals surface area contributed by atoms with Gasteiger partial charge in [-0.05, 0) is 62.4 Å². The summed E-state index contributed by atoms with van der Waals surface area (Å²) in [5, 5.41) is 6.44. The maximum absolute atomic E-state index is 4.19. The van der Waals surface area contributed by atoms with Gasteiger partial charge in [-0.2, -0.15) is 0 Å². The van der Waals surface area contributed by atoms with Crippen LogP contribution in [0.15, 0.2) is 97.3 Å². The van der Waals surface area contributed by atoms with Gasteiger partial charge < -0.3 is 10.6 Å². The highest BCUT2D eigenvalue weighted by Crippen LogP contribution is 2.15. The lowest BCUT2D eigenvalue weighted by molar-refractivity contribution is 1.31. The van der Waals surface area contributed by atoms with E-state index in [2.05, 4.69) is 58.7 Å². The molecular weight excluding hydrogens is 344 g/mol. The Morgan fingerprint density at radius 3 is 1.21 bits per heavy atom. The minimum atomic E-state index is 0.872. The van der Waals surface area contributed by atoms with Crippen LogP contribution in [0.25, 0.3) is 0 Å². The second-order valence-electron chi connectivity index (χ2n) is 6.41. The number of aromatic nitrogens is 2. The number of benzene rings is 2. The third-order valence-corrected chi connectivity index (χ3v) is 3.98. The van der Waals surface area contributed by atoms with Gasteiger partial charge in [0.1, 0.15) is 11.6 Å². The first-order chi connectivity index (χ1) is 13.7. The normalized spacial score (nSPS) is 9.79. The molecule has 4 aromatic rings. The Balaban J connectivity index is 0.000000161. The van der Waals surface area contributed by atoms with E-state index in [0.717, 1.165) is 23.0 Å². The molecule has 2 aromatic heterocycles. The molecule has 0 saturated carbocycles. The third-order valence-electron chi connectivity index (χ3n) is 3.98. The van der Waals surface area contributed by atoms with Crippen molar-refractivity contribution >= 4 is 23.0 Å². The first kappa shape index (κ1) is 19.1. The molecule has 0 aliphatic rings. The summed E-state index contributed by atoms with van der Waals surface area (Å²) in [5.74, 6) is 1.74. The van der Waals surface area contributed by atoms with Crippen molar-refractivity contribution in [3.05, 3.63) is 108 Å². The van der Waals surface area contributed by atoms with E-state index in [0.29, 0.717) is 0 Å². The van der Waals surface area contributed by atoms with Crippen LogP contribution in [0.5, 0.6) is 0 Å². The van der Waals surface area contributed by atoms with Crippen LogP contribution >= 0.6 is 0 Å². The minimum absolute atomic E-state index is 0.872. The van der Waals surface area contributed by atoms with E-state index < -0.39 is 0 Å². The van der Waals surface area contributed by atoms with Crippen LogP contribution in [0.1, 0.15) is 11.1 Å². The summed E-state index contributed by atoms with van der Waals surface area (Å²) in [4.78, 5) is 8.37. The molecule has 2 heterocycles. The average molecular weight is 368 g/mol. The molecule has 0 aliphatic carbocycles. The van der Waals surface area contributed by atoms with Gasteiger partial charge in [-0.3, -0.25) is 0 Å². The van der Waals surface area contributed by atoms with E-state index in [9.17, 15) is 0 Å². The van der Waals surface area contributed by atoms with Crippen LogP contribution in [0.4, 0.5) is 23.0 Å². The van der Waals surface area contributed by atoms with Gasteiger partial charge in [-0.1, -0.05) is 47.5 Å². The number of aryl methyl sites for hydroxylation is 2.